The van der Waals surface area contributed by atoms with Crippen molar-refractivity contribution in [1.29, 1.82) is 0 Å². The van der Waals surface area contributed by atoms with E-state index < -0.39 is 23.4 Å². The molecule has 2 aliphatic rings. The van der Waals surface area contributed by atoms with Gasteiger partial charge in [0.05, 0.1) is 6.54 Å². The van der Waals surface area contributed by atoms with Crippen LogP contribution in [0.4, 0.5) is 9.18 Å². The first-order valence-electron chi connectivity index (χ1n) is 9.46. The molecular formula is C19H26FN5O3. The number of halogens is 1. The average Bonchev–Trinajstić information content (AvgIpc) is 2.89. The number of amides is 4. The van der Waals surface area contributed by atoms with Crippen LogP contribution in [0.15, 0.2) is 24.3 Å². The lowest BCUT2D eigenvalue weighted by atomic mass is 10.00. The normalized spacial score (nSPS) is 23.8. The molecule has 1 atom stereocenters. The molecule has 9 heteroatoms. The zero-order valence-corrected chi connectivity index (χ0v) is 16.2. The van der Waals surface area contributed by atoms with E-state index in [-0.39, 0.29) is 12.4 Å². The first kappa shape index (κ1) is 20.2. The fourth-order valence-corrected chi connectivity index (χ4v) is 3.36. The topological polar surface area (TPSA) is 85.0 Å². The number of carbonyl (C=O) groups is 3. The summed E-state index contributed by atoms with van der Waals surface area (Å²) in [5.41, 5.74) is 2.08. The summed E-state index contributed by atoms with van der Waals surface area (Å²) < 4.78 is 13.8. The summed E-state index contributed by atoms with van der Waals surface area (Å²) in [7, 11) is 0. The van der Waals surface area contributed by atoms with E-state index in [9.17, 15) is 18.8 Å². The van der Waals surface area contributed by atoms with Crippen molar-refractivity contribution in [2.75, 3.05) is 32.7 Å². The molecule has 2 aliphatic heterocycles. The Morgan fingerprint density at radius 2 is 1.82 bits per heavy atom. The Labute approximate surface area is 163 Å². The van der Waals surface area contributed by atoms with Crippen LogP contribution >= 0.6 is 0 Å². The Balaban J connectivity index is 1.46. The maximum atomic E-state index is 13.8. The van der Waals surface area contributed by atoms with Crippen molar-refractivity contribution >= 4 is 17.8 Å². The van der Waals surface area contributed by atoms with Crippen molar-refractivity contribution in [2.45, 2.75) is 32.4 Å². The summed E-state index contributed by atoms with van der Waals surface area (Å²) in [6.45, 7) is 6.76. The highest BCUT2D eigenvalue weighted by molar-refractivity contribution is 6.07. The quantitative estimate of drug-likeness (QED) is 0.698. The smallest absolute Gasteiger partial charge is 0.322 e. The molecule has 1 unspecified atom stereocenters. The minimum Gasteiger partial charge on any atom is -0.322 e. The molecule has 0 aromatic heterocycles. The van der Waals surface area contributed by atoms with Crippen molar-refractivity contribution in [3.63, 3.8) is 0 Å². The van der Waals surface area contributed by atoms with Crippen LogP contribution in [0, 0.1) is 5.82 Å². The van der Waals surface area contributed by atoms with Gasteiger partial charge in [-0.25, -0.2) is 9.18 Å². The van der Waals surface area contributed by atoms with Gasteiger partial charge in [-0.15, -0.1) is 0 Å². The molecule has 3 rings (SSSR count). The van der Waals surface area contributed by atoms with Gasteiger partial charge in [-0.3, -0.25) is 24.8 Å². The molecule has 8 nitrogen and oxygen atoms in total. The van der Waals surface area contributed by atoms with Crippen LogP contribution in [-0.2, 0) is 16.1 Å². The third-order valence-electron chi connectivity index (χ3n) is 5.39. The molecular weight excluding hydrogens is 365 g/mol. The van der Waals surface area contributed by atoms with Gasteiger partial charge in [0.1, 0.15) is 11.4 Å². The molecule has 0 aliphatic carbocycles. The lowest BCUT2D eigenvalue weighted by Crippen LogP contribution is -2.53. The van der Waals surface area contributed by atoms with Crippen molar-refractivity contribution in [3.8, 4) is 0 Å². The Hall–Kier alpha value is -2.52. The van der Waals surface area contributed by atoms with Crippen LogP contribution in [0.25, 0.3) is 0 Å². The van der Waals surface area contributed by atoms with E-state index in [1.807, 2.05) is 11.0 Å². The molecule has 0 saturated carbocycles. The lowest BCUT2D eigenvalue weighted by molar-refractivity contribution is -0.139. The van der Waals surface area contributed by atoms with Gasteiger partial charge in [0.2, 0.25) is 0 Å². The van der Waals surface area contributed by atoms with E-state index in [0.29, 0.717) is 44.7 Å². The third kappa shape index (κ3) is 4.31. The van der Waals surface area contributed by atoms with Gasteiger partial charge in [-0.05, 0) is 19.4 Å². The minimum absolute atomic E-state index is 0.0907. The van der Waals surface area contributed by atoms with Crippen LogP contribution in [0.5, 0.6) is 0 Å². The fraction of sp³-hybridized carbons (Fsp3) is 0.526. The average molecular weight is 391 g/mol. The van der Waals surface area contributed by atoms with Crippen molar-refractivity contribution < 1.29 is 18.8 Å². The minimum atomic E-state index is -0.983. The Bertz CT molecular complexity index is 766. The fourth-order valence-electron chi connectivity index (χ4n) is 3.36. The van der Waals surface area contributed by atoms with Gasteiger partial charge in [-0.2, -0.15) is 5.01 Å². The molecule has 2 saturated heterocycles. The van der Waals surface area contributed by atoms with Crippen molar-refractivity contribution in [2.24, 2.45) is 0 Å². The molecule has 0 bridgehead atoms. The molecule has 1 aromatic carbocycles. The second kappa shape index (κ2) is 8.24. The molecule has 0 spiro atoms. The van der Waals surface area contributed by atoms with E-state index in [1.54, 1.807) is 26.0 Å². The van der Waals surface area contributed by atoms with E-state index in [4.69, 9.17) is 0 Å². The van der Waals surface area contributed by atoms with Crippen LogP contribution in [-0.4, -0.2) is 70.9 Å². The van der Waals surface area contributed by atoms with Gasteiger partial charge >= 0.3 is 6.03 Å². The van der Waals surface area contributed by atoms with E-state index >= 15 is 0 Å². The van der Waals surface area contributed by atoms with Crippen LogP contribution in [0.2, 0.25) is 0 Å². The number of benzene rings is 1. The van der Waals surface area contributed by atoms with Gasteiger partial charge in [0.25, 0.3) is 11.8 Å². The zero-order chi connectivity index (χ0) is 20.3. The largest absolute Gasteiger partial charge is 0.344 e. The summed E-state index contributed by atoms with van der Waals surface area (Å²) in [5, 5.41) is 3.36. The molecule has 0 radical (unpaired) electrons. The van der Waals surface area contributed by atoms with Gasteiger partial charge < -0.3 is 5.32 Å². The highest BCUT2D eigenvalue weighted by Crippen LogP contribution is 2.19. The summed E-state index contributed by atoms with van der Waals surface area (Å²) in [4.78, 5) is 40.6. The Morgan fingerprint density at radius 1 is 1.18 bits per heavy atom. The molecule has 2 fully saturated rings. The maximum absolute atomic E-state index is 13.8. The lowest BCUT2D eigenvalue weighted by Gasteiger charge is -2.34. The van der Waals surface area contributed by atoms with Crippen LogP contribution < -0.4 is 10.7 Å². The number of hydrogen-bond donors (Lipinski definition) is 2. The van der Waals surface area contributed by atoms with Gasteiger partial charge in [0, 0.05) is 38.3 Å². The molecule has 4 amide bonds. The van der Waals surface area contributed by atoms with Crippen LogP contribution in [0.3, 0.4) is 0 Å². The highest BCUT2D eigenvalue weighted by atomic mass is 19.1. The van der Waals surface area contributed by atoms with Crippen molar-refractivity contribution in [1.82, 2.24) is 25.6 Å². The summed E-state index contributed by atoms with van der Waals surface area (Å²) >= 11 is 0. The molecule has 1 aromatic rings. The second-order valence-corrected chi connectivity index (χ2v) is 7.44. The molecule has 28 heavy (non-hydrogen) atoms. The third-order valence-corrected chi connectivity index (χ3v) is 5.39. The van der Waals surface area contributed by atoms with E-state index in [1.165, 1.54) is 6.07 Å². The van der Waals surface area contributed by atoms with Crippen LogP contribution in [0.1, 0.15) is 25.8 Å². The predicted octanol–water partition coefficient (Wildman–Crippen LogP) is 0.695. The number of imide groups is 1. The number of rotatable bonds is 6. The Morgan fingerprint density at radius 3 is 2.43 bits per heavy atom. The monoisotopic (exact) mass is 391 g/mol. The van der Waals surface area contributed by atoms with Crippen molar-refractivity contribution in [3.05, 3.63) is 35.6 Å². The number of nitrogens with zero attached hydrogens (tertiary/aromatic N) is 3. The first-order chi connectivity index (χ1) is 13.3. The number of urea groups is 1. The molecule has 2 N–H and O–H groups in total. The molecule has 152 valence electrons. The van der Waals surface area contributed by atoms with Gasteiger partial charge in [0.15, 0.2) is 0 Å². The number of carbonyl (C=O) groups excluding carboxylic acids is 3. The number of piperazine rings is 1. The predicted molar refractivity (Wildman–Crippen MR) is 100 cm³/mol. The van der Waals surface area contributed by atoms with E-state index in [2.05, 4.69) is 15.6 Å². The number of hydrogen-bond acceptors (Lipinski definition) is 5. The van der Waals surface area contributed by atoms with E-state index in [0.717, 1.165) is 5.01 Å². The summed E-state index contributed by atoms with van der Waals surface area (Å²) in [6, 6.07) is 6.10. The summed E-state index contributed by atoms with van der Waals surface area (Å²) in [5.74, 6) is -1.08. The molecule has 2 heterocycles. The van der Waals surface area contributed by atoms with Gasteiger partial charge in [-0.1, -0.05) is 25.1 Å². The number of hydrazine groups is 1. The Kier molecular flexibility index (Phi) is 5.95. The first-order valence-corrected chi connectivity index (χ1v) is 9.46. The number of nitrogens with one attached hydrogen (secondary N) is 2. The second-order valence-electron chi connectivity index (χ2n) is 7.44. The highest BCUT2D eigenvalue weighted by Gasteiger charge is 2.47. The standard InChI is InChI=1S/C19H26FN5O3/c1-3-19(2)17(27)25(18(28)21-19)22-16(26)13-24-10-8-23(9-11-24)12-14-6-4-5-7-15(14)20/h4-7H,3,8-13H2,1-2H3,(H,21,28)(H,22,26). The summed E-state index contributed by atoms with van der Waals surface area (Å²) in [6.07, 6.45) is 0.438. The maximum Gasteiger partial charge on any atom is 0.344 e. The SMILES string of the molecule is CCC1(C)NC(=O)N(NC(=O)CN2CCN(Cc3ccccc3F)CC2)C1=O. The zero-order valence-electron chi connectivity index (χ0n) is 16.2.